The molecular formula is C19H20ClNO6S. The number of hydrogen-bond acceptors (Lipinski definition) is 5. The van der Waals surface area contributed by atoms with Crippen LogP contribution in [0, 0.1) is 0 Å². The van der Waals surface area contributed by atoms with Crippen LogP contribution in [0.5, 0.6) is 11.5 Å². The lowest BCUT2D eigenvalue weighted by Gasteiger charge is -2.20. The van der Waals surface area contributed by atoms with E-state index in [1.165, 1.54) is 36.7 Å². The number of methoxy groups -OCH3 is 2. The molecule has 7 nitrogen and oxygen atoms in total. The monoisotopic (exact) mass is 425 g/mol. The first-order chi connectivity index (χ1) is 13.3. The molecule has 2 aromatic carbocycles. The van der Waals surface area contributed by atoms with Gasteiger partial charge in [-0.15, -0.1) is 0 Å². The van der Waals surface area contributed by atoms with Crippen LogP contribution in [0.25, 0.3) is 0 Å². The molecule has 28 heavy (non-hydrogen) atoms. The van der Waals surface area contributed by atoms with Gasteiger partial charge in [0.15, 0.2) is 0 Å². The van der Waals surface area contributed by atoms with Crippen LogP contribution in [0.1, 0.15) is 24.3 Å². The zero-order valence-corrected chi connectivity index (χ0v) is 17.0. The third-order valence-electron chi connectivity index (χ3n) is 4.75. The smallest absolute Gasteiger partial charge is 0.303 e. The number of nitrogens with zero attached hydrogens (tertiary/aromatic N) is 1. The Bertz CT molecular complexity index is 1010. The Labute approximate surface area is 168 Å². The largest absolute Gasteiger partial charge is 0.497 e. The van der Waals surface area contributed by atoms with Gasteiger partial charge in [-0.2, -0.15) is 0 Å². The molecule has 0 fully saturated rings. The first kappa shape index (κ1) is 20.3. The molecule has 1 atom stereocenters. The van der Waals surface area contributed by atoms with Crippen LogP contribution >= 0.6 is 11.6 Å². The predicted octanol–water partition coefficient (Wildman–Crippen LogP) is 3.51. The second-order valence-electron chi connectivity index (χ2n) is 6.39. The van der Waals surface area contributed by atoms with E-state index in [9.17, 15) is 13.2 Å². The number of carboxylic acid groups (broad SMARTS) is 1. The Morgan fingerprint density at radius 3 is 2.57 bits per heavy atom. The van der Waals surface area contributed by atoms with Crippen LogP contribution in [-0.4, -0.2) is 40.3 Å². The van der Waals surface area contributed by atoms with Gasteiger partial charge in [-0.1, -0.05) is 11.6 Å². The number of carbonyl (C=O) groups is 1. The van der Waals surface area contributed by atoms with Crippen molar-refractivity contribution in [2.24, 2.45) is 0 Å². The van der Waals surface area contributed by atoms with Crippen molar-refractivity contribution in [2.45, 2.75) is 23.7 Å². The summed E-state index contributed by atoms with van der Waals surface area (Å²) in [6, 6.07) is 9.41. The highest BCUT2D eigenvalue weighted by Gasteiger charge is 2.37. The summed E-state index contributed by atoms with van der Waals surface area (Å²) in [7, 11) is -0.910. The molecule has 0 bridgehead atoms. The van der Waals surface area contributed by atoms with E-state index in [0.29, 0.717) is 23.6 Å². The number of ether oxygens (including phenoxy) is 2. The molecule has 1 unspecified atom stereocenters. The number of benzene rings is 2. The standard InChI is InChI=1S/C19H20ClNO6S/c1-26-13-4-6-17-15(9-13)12(3-8-19(22)23)11-21(17)28(24,25)14-5-7-18(27-2)16(20)10-14/h4-7,9-10,12H,3,8,11H2,1-2H3,(H,22,23). The highest BCUT2D eigenvalue weighted by Crippen LogP contribution is 2.43. The van der Waals surface area contributed by atoms with E-state index in [4.69, 9.17) is 26.2 Å². The van der Waals surface area contributed by atoms with Crippen molar-refractivity contribution in [3.05, 3.63) is 47.0 Å². The van der Waals surface area contributed by atoms with Gasteiger partial charge < -0.3 is 14.6 Å². The molecule has 0 spiro atoms. The molecule has 0 aromatic heterocycles. The molecule has 1 heterocycles. The lowest BCUT2D eigenvalue weighted by Crippen LogP contribution is -2.30. The van der Waals surface area contributed by atoms with Gasteiger partial charge >= 0.3 is 5.97 Å². The Hall–Kier alpha value is -2.45. The minimum absolute atomic E-state index is 0.0407. The minimum atomic E-state index is -3.89. The molecule has 1 N–H and O–H groups in total. The highest BCUT2D eigenvalue weighted by atomic mass is 35.5. The number of hydrogen-bond donors (Lipinski definition) is 1. The summed E-state index contributed by atoms with van der Waals surface area (Å²) in [6.45, 7) is 0.155. The Morgan fingerprint density at radius 1 is 1.21 bits per heavy atom. The maximum absolute atomic E-state index is 13.3. The maximum atomic E-state index is 13.3. The van der Waals surface area contributed by atoms with Crippen LogP contribution in [0.2, 0.25) is 5.02 Å². The molecule has 1 aliphatic heterocycles. The summed E-state index contributed by atoms with van der Waals surface area (Å²) in [5.41, 5.74) is 1.27. The lowest BCUT2D eigenvalue weighted by atomic mass is 9.96. The molecule has 0 saturated heterocycles. The molecule has 1 aliphatic rings. The average molecular weight is 426 g/mol. The van der Waals surface area contributed by atoms with Crippen LogP contribution in [0.4, 0.5) is 5.69 Å². The van der Waals surface area contributed by atoms with Crippen molar-refractivity contribution in [3.63, 3.8) is 0 Å². The van der Waals surface area contributed by atoms with Gasteiger partial charge in [0.05, 0.1) is 29.8 Å². The number of sulfonamides is 1. The molecule has 0 aliphatic carbocycles. The first-order valence-corrected chi connectivity index (χ1v) is 10.4. The van der Waals surface area contributed by atoms with Crippen molar-refractivity contribution >= 4 is 33.3 Å². The second-order valence-corrected chi connectivity index (χ2v) is 8.66. The van der Waals surface area contributed by atoms with Gasteiger partial charge in [0.2, 0.25) is 0 Å². The quantitative estimate of drug-likeness (QED) is 0.729. The van der Waals surface area contributed by atoms with E-state index in [0.717, 1.165) is 5.56 Å². The lowest BCUT2D eigenvalue weighted by molar-refractivity contribution is -0.137. The third-order valence-corrected chi connectivity index (χ3v) is 6.82. The summed E-state index contributed by atoms with van der Waals surface area (Å²) in [5.74, 6) is -0.199. The van der Waals surface area contributed by atoms with E-state index in [1.54, 1.807) is 18.2 Å². The van der Waals surface area contributed by atoms with Gasteiger partial charge in [0.25, 0.3) is 10.0 Å². The fraction of sp³-hybridized carbons (Fsp3) is 0.316. The second kappa shape index (κ2) is 7.89. The fourth-order valence-electron chi connectivity index (χ4n) is 3.32. The Balaban J connectivity index is 2.02. The van der Waals surface area contributed by atoms with Gasteiger partial charge in [0, 0.05) is 18.9 Å². The molecular weight excluding hydrogens is 406 g/mol. The molecule has 0 amide bonds. The van der Waals surface area contributed by atoms with Crippen LogP contribution in [-0.2, 0) is 14.8 Å². The Morgan fingerprint density at radius 2 is 1.96 bits per heavy atom. The topological polar surface area (TPSA) is 93.1 Å². The fourth-order valence-corrected chi connectivity index (χ4v) is 5.20. The summed E-state index contributed by atoms with van der Waals surface area (Å²) in [4.78, 5) is 11.0. The summed E-state index contributed by atoms with van der Waals surface area (Å²) in [6.07, 6.45) is 0.272. The molecule has 3 rings (SSSR count). The minimum Gasteiger partial charge on any atom is -0.497 e. The zero-order valence-electron chi connectivity index (χ0n) is 15.4. The Kier molecular flexibility index (Phi) is 5.71. The molecule has 9 heteroatoms. The third kappa shape index (κ3) is 3.74. The SMILES string of the molecule is COc1ccc2c(c1)C(CCC(=O)O)CN2S(=O)(=O)c1ccc(OC)c(Cl)c1. The number of aliphatic carboxylic acids is 1. The van der Waals surface area contributed by atoms with Gasteiger partial charge in [0.1, 0.15) is 11.5 Å². The number of anilines is 1. The summed E-state index contributed by atoms with van der Waals surface area (Å²) >= 11 is 6.11. The number of carboxylic acids is 1. The molecule has 150 valence electrons. The molecule has 0 radical (unpaired) electrons. The van der Waals surface area contributed by atoms with Crippen LogP contribution in [0.3, 0.4) is 0 Å². The van der Waals surface area contributed by atoms with Crippen LogP contribution in [0.15, 0.2) is 41.3 Å². The van der Waals surface area contributed by atoms with Gasteiger partial charge in [-0.3, -0.25) is 9.10 Å². The van der Waals surface area contributed by atoms with Crippen molar-refractivity contribution in [1.29, 1.82) is 0 Å². The van der Waals surface area contributed by atoms with Crippen molar-refractivity contribution < 1.29 is 27.8 Å². The van der Waals surface area contributed by atoms with Crippen molar-refractivity contribution in [3.8, 4) is 11.5 Å². The average Bonchev–Trinajstić information content (AvgIpc) is 3.04. The highest BCUT2D eigenvalue weighted by molar-refractivity contribution is 7.92. The van der Waals surface area contributed by atoms with E-state index in [2.05, 4.69) is 0 Å². The zero-order chi connectivity index (χ0) is 20.5. The normalized spacial score (nSPS) is 16.0. The number of halogens is 1. The number of fused-ring (bicyclic) bond motifs is 1. The molecule has 0 saturated carbocycles. The predicted molar refractivity (Wildman–Crippen MR) is 105 cm³/mol. The number of rotatable bonds is 7. The maximum Gasteiger partial charge on any atom is 0.303 e. The van der Waals surface area contributed by atoms with E-state index >= 15 is 0 Å². The van der Waals surface area contributed by atoms with Crippen LogP contribution < -0.4 is 13.8 Å². The summed E-state index contributed by atoms with van der Waals surface area (Å²) < 4.78 is 38.2. The summed E-state index contributed by atoms with van der Waals surface area (Å²) in [5, 5.41) is 9.22. The van der Waals surface area contributed by atoms with E-state index < -0.39 is 16.0 Å². The van der Waals surface area contributed by atoms with Gasteiger partial charge in [-0.25, -0.2) is 8.42 Å². The van der Waals surface area contributed by atoms with E-state index in [1.807, 2.05) is 0 Å². The molecule has 2 aromatic rings. The van der Waals surface area contributed by atoms with Gasteiger partial charge in [-0.05, 0) is 48.4 Å². The van der Waals surface area contributed by atoms with E-state index in [-0.39, 0.29) is 28.8 Å². The van der Waals surface area contributed by atoms with Crippen molar-refractivity contribution in [2.75, 3.05) is 25.1 Å². The van der Waals surface area contributed by atoms with Crippen molar-refractivity contribution in [1.82, 2.24) is 0 Å². The first-order valence-electron chi connectivity index (χ1n) is 8.54.